The number of amides is 1. The summed E-state index contributed by atoms with van der Waals surface area (Å²) >= 11 is 0. The number of methoxy groups -OCH3 is 1. The Hall–Kier alpha value is -2.11. The van der Waals surface area contributed by atoms with Crippen molar-refractivity contribution < 1.29 is 19.1 Å². The monoisotopic (exact) mass is 266 g/mol. The third-order valence-corrected chi connectivity index (χ3v) is 2.48. The Bertz CT molecular complexity index is 460. The Morgan fingerprint density at radius 1 is 1.42 bits per heavy atom. The number of nitrogens with one attached hydrogen (secondary N) is 1. The van der Waals surface area contributed by atoms with Crippen molar-refractivity contribution in [2.75, 3.05) is 20.8 Å². The average molecular weight is 266 g/mol. The molecule has 6 heteroatoms. The number of carbonyl (C=O) groups is 2. The van der Waals surface area contributed by atoms with Gasteiger partial charge in [-0.25, -0.2) is 9.78 Å². The van der Waals surface area contributed by atoms with Crippen molar-refractivity contribution in [2.45, 2.75) is 19.8 Å². The van der Waals surface area contributed by atoms with Crippen LogP contribution in [0.3, 0.4) is 0 Å². The van der Waals surface area contributed by atoms with Gasteiger partial charge >= 0.3 is 5.97 Å². The van der Waals surface area contributed by atoms with Crippen LogP contribution in [0, 0.1) is 0 Å². The molecular weight excluding hydrogens is 248 g/mol. The van der Waals surface area contributed by atoms with Crippen molar-refractivity contribution in [1.82, 2.24) is 10.3 Å². The van der Waals surface area contributed by atoms with Crippen molar-refractivity contribution in [2.24, 2.45) is 0 Å². The predicted molar refractivity (Wildman–Crippen MR) is 69.4 cm³/mol. The van der Waals surface area contributed by atoms with Gasteiger partial charge in [-0.1, -0.05) is 13.3 Å². The molecule has 1 aromatic rings. The molecule has 1 amide bonds. The van der Waals surface area contributed by atoms with Crippen LogP contribution in [0.4, 0.5) is 0 Å². The van der Waals surface area contributed by atoms with E-state index in [-0.39, 0.29) is 22.9 Å². The first-order chi connectivity index (χ1) is 9.13. The summed E-state index contributed by atoms with van der Waals surface area (Å²) in [5.74, 6) is -0.689. The summed E-state index contributed by atoms with van der Waals surface area (Å²) in [5, 5.41) is 2.46. The second-order valence-electron chi connectivity index (χ2n) is 3.85. The number of rotatable bonds is 6. The average Bonchev–Trinajstić information content (AvgIpc) is 2.45. The van der Waals surface area contributed by atoms with Gasteiger partial charge in [-0.15, -0.1) is 0 Å². The van der Waals surface area contributed by atoms with Crippen molar-refractivity contribution >= 4 is 11.9 Å². The van der Waals surface area contributed by atoms with E-state index in [1.54, 1.807) is 0 Å². The van der Waals surface area contributed by atoms with E-state index < -0.39 is 5.97 Å². The van der Waals surface area contributed by atoms with Gasteiger partial charge in [0.2, 0.25) is 5.88 Å². The largest absolute Gasteiger partial charge is 0.480 e. The first-order valence-corrected chi connectivity index (χ1v) is 6.07. The third-order valence-electron chi connectivity index (χ3n) is 2.48. The number of esters is 1. The van der Waals surface area contributed by atoms with Crippen LogP contribution >= 0.6 is 0 Å². The smallest absolute Gasteiger partial charge is 0.339 e. The van der Waals surface area contributed by atoms with Crippen LogP contribution in [-0.2, 0) is 4.74 Å². The molecule has 0 aliphatic carbocycles. The number of hydrogen-bond acceptors (Lipinski definition) is 5. The molecule has 0 saturated heterocycles. The Balaban J connectivity index is 2.91. The van der Waals surface area contributed by atoms with Crippen LogP contribution in [0.5, 0.6) is 5.88 Å². The SMILES string of the molecule is CCCCOC(=O)c1cnc(OC)c(C(=O)NC)c1. The number of unbranched alkanes of at least 4 members (excludes halogenated alkanes) is 1. The predicted octanol–water partition coefficient (Wildman–Crippen LogP) is 1.41. The quantitative estimate of drug-likeness (QED) is 0.622. The van der Waals surface area contributed by atoms with Crippen LogP contribution in [0.1, 0.15) is 40.5 Å². The van der Waals surface area contributed by atoms with Gasteiger partial charge in [0, 0.05) is 13.2 Å². The molecular formula is C13H18N2O4. The van der Waals surface area contributed by atoms with Gasteiger partial charge in [0.15, 0.2) is 0 Å². The lowest BCUT2D eigenvalue weighted by Gasteiger charge is -2.08. The maximum Gasteiger partial charge on any atom is 0.339 e. The highest BCUT2D eigenvalue weighted by atomic mass is 16.5. The molecule has 1 heterocycles. The lowest BCUT2D eigenvalue weighted by molar-refractivity contribution is 0.0499. The van der Waals surface area contributed by atoms with Gasteiger partial charge in [0.1, 0.15) is 5.56 Å². The fourth-order valence-electron chi connectivity index (χ4n) is 1.42. The summed E-state index contributed by atoms with van der Waals surface area (Å²) in [7, 11) is 2.90. The number of carbonyl (C=O) groups excluding carboxylic acids is 2. The lowest BCUT2D eigenvalue weighted by atomic mass is 10.2. The highest BCUT2D eigenvalue weighted by Gasteiger charge is 2.16. The second-order valence-corrected chi connectivity index (χ2v) is 3.85. The summed E-state index contributed by atoms with van der Waals surface area (Å²) in [5.41, 5.74) is 0.436. The normalized spacial score (nSPS) is 9.84. The van der Waals surface area contributed by atoms with Gasteiger partial charge in [0.25, 0.3) is 5.91 Å². The van der Waals surface area contributed by atoms with E-state index in [2.05, 4.69) is 10.3 Å². The molecule has 0 saturated carbocycles. The molecule has 6 nitrogen and oxygen atoms in total. The first-order valence-electron chi connectivity index (χ1n) is 6.07. The Morgan fingerprint density at radius 3 is 2.74 bits per heavy atom. The molecule has 1 rings (SSSR count). The molecule has 0 fully saturated rings. The maximum absolute atomic E-state index is 11.7. The lowest BCUT2D eigenvalue weighted by Crippen LogP contribution is -2.20. The van der Waals surface area contributed by atoms with Crippen molar-refractivity contribution in [3.63, 3.8) is 0 Å². The van der Waals surface area contributed by atoms with Crippen LogP contribution in [0.2, 0.25) is 0 Å². The fourth-order valence-corrected chi connectivity index (χ4v) is 1.42. The third kappa shape index (κ3) is 3.94. The van der Waals surface area contributed by atoms with Gasteiger partial charge in [-0.05, 0) is 12.5 Å². The molecule has 0 bridgehead atoms. The van der Waals surface area contributed by atoms with Crippen molar-refractivity contribution in [3.8, 4) is 5.88 Å². The first kappa shape index (κ1) is 14.9. The molecule has 0 unspecified atom stereocenters. The Morgan fingerprint density at radius 2 is 2.16 bits per heavy atom. The van der Waals surface area contributed by atoms with Crippen molar-refractivity contribution in [1.29, 1.82) is 0 Å². The number of nitrogens with zero attached hydrogens (tertiary/aromatic N) is 1. The number of ether oxygens (including phenoxy) is 2. The van der Waals surface area contributed by atoms with E-state index in [1.807, 2.05) is 6.92 Å². The molecule has 104 valence electrons. The minimum atomic E-state index is -0.492. The number of hydrogen-bond donors (Lipinski definition) is 1. The molecule has 0 radical (unpaired) electrons. The van der Waals surface area contributed by atoms with Crippen molar-refractivity contribution in [3.05, 3.63) is 23.4 Å². The van der Waals surface area contributed by atoms with E-state index in [0.29, 0.717) is 6.61 Å². The van der Waals surface area contributed by atoms with Gasteiger partial charge in [-0.3, -0.25) is 4.79 Å². The summed E-state index contributed by atoms with van der Waals surface area (Å²) in [6.07, 6.45) is 3.08. The minimum absolute atomic E-state index is 0.171. The standard InChI is InChI=1S/C13H18N2O4/c1-4-5-6-19-13(17)9-7-10(11(16)14-2)12(18-3)15-8-9/h7-8H,4-6H2,1-3H3,(H,14,16). The van der Waals surface area contributed by atoms with Crippen LogP contribution in [-0.4, -0.2) is 37.6 Å². The van der Waals surface area contributed by atoms with E-state index in [1.165, 1.54) is 26.4 Å². The zero-order valence-corrected chi connectivity index (χ0v) is 11.4. The minimum Gasteiger partial charge on any atom is -0.480 e. The van der Waals surface area contributed by atoms with E-state index in [0.717, 1.165) is 12.8 Å². The molecule has 1 N–H and O–H groups in total. The summed E-state index contributed by atoms with van der Waals surface area (Å²) < 4.78 is 10.0. The molecule has 0 atom stereocenters. The van der Waals surface area contributed by atoms with Crippen LogP contribution in [0.25, 0.3) is 0 Å². The molecule has 0 aliphatic heterocycles. The molecule has 0 aliphatic rings. The number of pyridine rings is 1. The number of aromatic nitrogens is 1. The maximum atomic E-state index is 11.7. The molecule has 0 aromatic carbocycles. The molecule has 1 aromatic heterocycles. The van der Waals surface area contributed by atoms with Crippen LogP contribution in [0.15, 0.2) is 12.3 Å². The Labute approximate surface area is 112 Å². The van der Waals surface area contributed by atoms with E-state index >= 15 is 0 Å². The van der Waals surface area contributed by atoms with Gasteiger partial charge in [0.05, 0.1) is 19.3 Å². The Kier molecular flexibility index (Phi) is 5.78. The summed E-state index contributed by atoms with van der Waals surface area (Å²) in [6, 6.07) is 1.42. The second kappa shape index (κ2) is 7.35. The summed E-state index contributed by atoms with van der Waals surface area (Å²) in [4.78, 5) is 27.3. The van der Waals surface area contributed by atoms with E-state index in [4.69, 9.17) is 9.47 Å². The molecule has 0 spiro atoms. The van der Waals surface area contributed by atoms with E-state index in [9.17, 15) is 9.59 Å². The fraction of sp³-hybridized carbons (Fsp3) is 0.462. The highest BCUT2D eigenvalue weighted by molar-refractivity contribution is 5.99. The van der Waals surface area contributed by atoms with Gasteiger partial charge < -0.3 is 14.8 Å². The highest BCUT2D eigenvalue weighted by Crippen LogP contribution is 2.16. The summed E-state index contributed by atoms with van der Waals surface area (Å²) in [6.45, 7) is 2.36. The molecule has 19 heavy (non-hydrogen) atoms. The van der Waals surface area contributed by atoms with Gasteiger partial charge in [-0.2, -0.15) is 0 Å². The van der Waals surface area contributed by atoms with Crippen LogP contribution < -0.4 is 10.1 Å². The zero-order valence-electron chi connectivity index (χ0n) is 11.4. The zero-order chi connectivity index (χ0) is 14.3. The topological polar surface area (TPSA) is 77.5 Å².